The molecular weight excluding hydrogens is 605 g/mol. The van der Waals surface area contributed by atoms with E-state index in [1.54, 1.807) is 62.4 Å². The Morgan fingerprint density at radius 3 is 1.41 bits per heavy atom. The molecule has 2 heterocycles. The molecule has 0 unspecified atom stereocenters. The maximum atomic E-state index is 13.4. The van der Waals surface area contributed by atoms with Crippen LogP contribution in [-0.4, -0.2) is 70.2 Å². The second kappa shape index (κ2) is 14.8. The van der Waals surface area contributed by atoms with Crippen molar-refractivity contribution in [2.24, 2.45) is 9.98 Å². The van der Waals surface area contributed by atoms with Crippen molar-refractivity contribution in [1.29, 1.82) is 10.5 Å². The molecule has 2 aromatic rings. The van der Waals surface area contributed by atoms with Gasteiger partial charge in [-0.1, -0.05) is 0 Å². The Labute approximate surface area is 261 Å². The standard InChI is InChI=1S/C30H24N6O6S2/c1-3-41-25(37)15-23-27(39)35(29(43-23)33-21-9-5-19(17-31)6-10-21)13-14-36-28(40)24(16-26(38)42-4-2)44-30(36)34-22-11-7-20(18-32)8-12-22/h5-12,15-16H,3-4,13-14H2,1-2H3/b23-15-,24-16-,33-29?,34-30?. The topological polar surface area (TPSA) is 166 Å². The summed E-state index contributed by atoms with van der Waals surface area (Å²) in [5.74, 6) is -2.38. The third-order valence-corrected chi connectivity index (χ3v) is 7.85. The van der Waals surface area contributed by atoms with Gasteiger partial charge in [0.15, 0.2) is 10.3 Å². The summed E-state index contributed by atoms with van der Waals surface area (Å²) in [6, 6.07) is 16.9. The van der Waals surface area contributed by atoms with E-state index in [9.17, 15) is 19.2 Å². The van der Waals surface area contributed by atoms with Gasteiger partial charge in [0.1, 0.15) is 0 Å². The molecule has 0 saturated carbocycles. The van der Waals surface area contributed by atoms with E-state index in [2.05, 4.69) is 9.98 Å². The minimum Gasteiger partial charge on any atom is -0.463 e. The van der Waals surface area contributed by atoms with E-state index in [0.29, 0.717) is 22.5 Å². The van der Waals surface area contributed by atoms with Crippen LogP contribution in [0.4, 0.5) is 11.4 Å². The van der Waals surface area contributed by atoms with Gasteiger partial charge in [-0.2, -0.15) is 10.5 Å². The third kappa shape index (κ3) is 7.80. The largest absolute Gasteiger partial charge is 0.463 e. The predicted molar refractivity (Wildman–Crippen MR) is 165 cm³/mol. The summed E-state index contributed by atoms with van der Waals surface area (Å²) >= 11 is 1.95. The van der Waals surface area contributed by atoms with E-state index in [4.69, 9.17) is 20.0 Å². The molecule has 2 aliphatic heterocycles. The van der Waals surface area contributed by atoms with Crippen molar-refractivity contribution in [1.82, 2.24) is 9.80 Å². The van der Waals surface area contributed by atoms with Crippen LogP contribution < -0.4 is 0 Å². The van der Waals surface area contributed by atoms with Crippen LogP contribution in [0, 0.1) is 22.7 Å². The zero-order chi connectivity index (χ0) is 31.6. The van der Waals surface area contributed by atoms with Crippen LogP contribution in [0.5, 0.6) is 0 Å². The zero-order valence-electron chi connectivity index (χ0n) is 23.6. The Balaban J connectivity index is 1.66. The number of hydrogen-bond acceptors (Lipinski definition) is 12. The molecule has 2 fully saturated rings. The molecule has 0 N–H and O–H groups in total. The van der Waals surface area contributed by atoms with Crippen LogP contribution in [0.15, 0.2) is 80.5 Å². The maximum Gasteiger partial charge on any atom is 0.332 e. The van der Waals surface area contributed by atoms with Crippen LogP contribution >= 0.6 is 23.5 Å². The van der Waals surface area contributed by atoms with Gasteiger partial charge in [-0.15, -0.1) is 0 Å². The highest BCUT2D eigenvalue weighted by Gasteiger charge is 2.38. The number of carbonyl (C=O) groups is 4. The number of benzene rings is 2. The maximum absolute atomic E-state index is 13.4. The second-order valence-corrected chi connectivity index (χ2v) is 10.8. The van der Waals surface area contributed by atoms with Crippen molar-refractivity contribution in [3.8, 4) is 12.1 Å². The summed E-state index contributed by atoms with van der Waals surface area (Å²) in [4.78, 5) is 63.1. The van der Waals surface area contributed by atoms with E-state index in [1.807, 2.05) is 12.1 Å². The highest BCUT2D eigenvalue weighted by molar-refractivity contribution is 8.19. The number of amidine groups is 2. The predicted octanol–water partition coefficient (Wildman–Crippen LogP) is 4.15. The van der Waals surface area contributed by atoms with Crippen LogP contribution in [0.2, 0.25) is 0 Å². The molecule has 0 atom stereocenters. The molecule has 2 aromatic carbocycles. The van der Waals surface area contributed by atoms with E-state index >= 15 is 0 Å². The lowest BCUT2D eigenvalue weighted by Crippen LogP contribution is -2.40. The molecule has 12 nitrogen and oxygen atoms in total. The Kier molecular flexibility index (Phi) is 10.7. The molecule has 14 heteroatoms. The van der Waals surface area contributed by atoms with Crippen molar-refractivity contribution in [3.05, 3.63) is 81.6 Å². The van der Waals surface area contributed by atoms with Gasteiger partial charge in [0.05, 0.1) is 57.7 Å². The number of nitrogens with zero attached hydrogens (tertiary/aromatic N) is 6. The van der Waals surface area contributed by atoms with E-state index in [1.165, 1.54) is 9.80 Å². The zero-order valence-corrected chi connectivity index (χ0v) is 25.2. The summed E-state index contributed by atoms with van der Waals surface area (Å²) in [6.45, 7) is 3.50. The Morgan fingerprint density at radius 2 is 1.09 bits per heavy atom. The molecule has 0 aliphatic carbocycles. The van der Waals surface area contributed by atoms with Crippen LogP contribution in [0.1, 0.15) is 25.0 Å². The van der Waals surface area contributed by atoms with Gasteiger partial charge in [-0.3, -0.25) is 19.4 Å². The quantitative estimate of drug-likeness (QED) is 0.291. The average molecular weight is 629 g/mol. The van der Waals surface area contributed by atoms with Gasteiger partial charge >= 0.3 is 11.9 Å². The van der Waals surface area contributed by atoms with Gasteiger partial charge in [-0.05, 0) is 85.9 Å². The fraction of sp³-hybridized carbons (Fsp3) is 0.200. The normalized spacial score (nSPS) is 18.3. The lowest BCUT2D eigenvalue weighted by atomic mass is 10.2. The monoisotopic (exact) mass is 628 g/mol. The van der Waals surface area contributed by atoms with Gasteiger partial charge in [0, 0.05) is 25.2 Å². The fourth-order valence-corrected chi connectivity index (χ4v) is 5.77. The highest BCUT2D eigenvalue weighted by atomic mass is 32.2. The van der Waals surface area contributed by atoms with E-state index in [0.717, 1.165) is 35.7 Å². The Bertz CT molecular complexity index is 1560. The third-order valence-electron chi connectivity index (χ3n) is 5.84. The number of ether oxygens (including phenoxy) is 2. The fourth-order valence-electron chi connectivity index (χ4n) is 3.80. The Morgan fingerprint density at radius 1 is 0.727 bits per heavy atom. The molecule has 4 rings (SSSR count). The molecule has 0 radical (unpaired) electrons. The number of esters is 2. The first-order valence-corrected chi connectivity index (χ1v) is 14.8. The van der Waals surface area contributed by atoms with Crippen molar-refractivity contribution in [2.75, 3.05) is 26.3 Å². The summed E-state index contributed by atoms with van der Waals surface area (Å²) < 4.78 is 9.93. The van der Waals surface area contributed by atoms with Gasteiger partial charge in [0.25, 0.3) is 11.8 Å². The molecule has 0 spiro atoms. The summed E-state index contributed by atoms with van der Waals surface area (Å²) in [7, 11) is 0. The number of thioether (sulfide) groups is 2. The van der Waals surface area contributed by atoms with Gasteiger partial charge < -0.3 is 9.47 Å². The molecule has 2 aliphatic rings. The number of amides is 2. The van der Waals surface area contributed by atoms with Crippen molar-refractivity contribution in [2.45, 2.75) is 13.8 Å². The lowest BCUT2D eigenvalue weighted by molar-refractivity contribution is -0.138. The van der Waals surface area contributed by atoms with Crippen molar-refractivity contribution in [3.63, 3.8) is 0 Å². The molecule has 2 saturated heterocycles. The molecule has 2 amide bonds. The molecular formula is C30H24N6O6S2. The first kappa shape index (κ1) is 31.7. The molecule has 0 bridgehead atoms. The second-order valence-electron chi connectivity index (χ2n) is 8.75. The van der Waals surface area contributed by atoms with Crippen LogP contribution in [0.25, 0.3) is 0 Å². The minimum absolute atomic E-state index is 0.0352. The molecule has 44 heavy (non-hydrogen) atoms. The van der Waals surface area contributed by atoms with Gasteiger partial charge in [-0.25, -0.2) is 19.6 Å². The molecule has 222 valence electrons. The smallest absolute Gasteiger partial charge is 0.332 e. The summed E-state index contributed by atoms with van der Waals surface area (Å²) in [5.41, 5.74) is 1.82. The molecule has 0 aromatic heterocycles. The van der Waals surface area contributed by atoms with E-state index in [-0.39, 0.29) is 46.4 Å². The number of hydrogen-bond donors (Lipinski definition) is 0. The van der Waals surface area contributed by atoms with Crippen molar-refractivity contribution < 1.29 is 28.7 Å². The van der Waals surface area contributed by atoms with Crippen LogP contribution in [0.3, 0.4) is 0 Å². The minimum atomic E-state index is -0.681. The number of rotatable bonds is 9. The average Bonchev–Trinajstić information content (AvgIpc) is 3.46. The summed E-state index contributed by atoms with van der Waals surface area (Å²) in [6.07, 6.45) is 2.19. The van der Waals surface area contributed by atoms with E-state index < -0.39 is 23.8 Å². The van der Waals surface area contributed by atoms with Crippen molar-refractivity contribution >= 4 is 69.0 Å². The number of aliphatic imine (C=N–C) groups is 2. The summed E-state index contributed by atoms with van der Waals surface area (Å²) in [5, 5.41) is 18.7. The first-order valence-electron chi connectivity index (χ1n) is 13.2. The first-order chi connectivity index (χ1) is 21.3. The van der Waals surface area contributed by atoms with Crippen LogP contribution in [-0.2, 0) is 28.7 Å². The van der Waals surface area contributed by atoms with Gasteiger partial charge in [0.2, 0.25) is 0 Å². The lowest BCUT2D eigenvalue weighted by Gasteiger charge is -2.21. The Hall–Kier alpha value is -5.18. The highest BCUT2D eigenvalue weighted by Crippen LogP contribution is 2.35. The number of carbonyl (C=O) groups excluding carboxylic acids is 4. The number of nitriles is 2. The SMILES string of the molecule is CCOC(=O)/C=C1\SC(=Nc2ccc(C#N)cc2)N(CCN2C(=O)/C(=C/C(=O)OCC)SC2=Nc2ccc(C#N)cc2)C1=O.